The molecule has 2 rings (SSSR count). The number of benzene rings is 2. The van der Waals surface area contributed by atoms with Crippen molar-refractivity contribution in [1.82, 2.24) is 0 Å². The van der Waals surface area contributed by atoms with Crippen molar-refractivity contribution in [3.05, 3.63) is 71.8 Å². The van der Waals surface area contributed by atoms with E-state index in [-0.39, 0.29) is 11.2 Å². The third-order valence-electron chi connectivity index (χ3n) is 2.87. The lowest BCUT2D eigenvalue weighted by molar-refractivity contribution is 0.252. The van der Waals surface area contributed by atoms with Crippen molar-refractivity contribution in [2.75, 3.05) is 11.2 Å². The van der Waals surface area contributed by atoms with Crippen molar-refractivity contribution in [3.8, 4) is 0 Å². The summed E-state index contributed by atoms with van der Waals surface area (Å²) in [5, 5.41) is 0. The Balaban J connectivity index is 2.38. The average molecular weight is 329 g/mol. The van der Waals surface area contributed by atoms with Gasteiger partial charge in [0, 0.05) is 0 Å². The van der Waals surface area contributed by atoms with Gasteiger partial charge >= 0.3 is 0 Å². The van der Waals surface area contributed by atoms with E-state index >= 15 is 0 Å². The zero-order valence-corrected chi connectivity index (χ0v) is 13.2. The van der Waals surface area contributed by atoms with Crippen LogP contribution in [0.25, 0.3) is 0 Å². The summed E-state index contributed by atoms with van der Waals surface area (Å²) < 4.78 is 18.2. The Labute approximate surface area is 129 Å². The van der Waals surface area contributed by atoms with E-state index in [9.17, 15) is 4.57 Å². The smallest absolute Gasteiger partial charge is 0.232 e. The lowest BCUT2D eigenvalue weighted by Crippen LogP contribution is -2.06. The predicted octanol–water partition coefficient (Wildman–Crippen LogP) is 5.46. The van der Waals surface area contributed by atoms with Gasteiger partial charge in [-0.15, -0.1) is 23.2 Å². The van der Waals surface area contributed by atoms with E-state index in [2.05, 4.69) is 0 Å². The minimum atomic E-state index is -3.04. The summed E-state index contributed by atoms with van der Waals surface area (Å²) in [6.45, 7) is 0. The third-order valence-corrected chi connectivity index (χ3v) is 6.38. The molecule has 5 heteroatoms. The molecule has 0 radical (unpaired) electrons. The van der Waals surface area contributed by atoms with Crippen LogP contribution in [0.3, 0.4) is 0 Å². The number of halogens is 2. The summed E-state index contributed by atoms with van der Waals surface area (Å²) in [5.74, 6) is 0. The molecule has 2 nitrogen and oxygen atoms in total. The van der Waals surface area contributed by atoms with Gasteiger partial charge in [-0.05, 0) is 11.1 Å². The van der Waals surface area contributed by atoms with Crippen molar-refractivity contribution in [3.63, 3.8) is 0 Å². The van der Waals surface area contributed by atoms with Gasteiger partial charge in [0.25, 0.3) is 0 Å². The van der Waals surface area contributed by atoms with Crippen LogP contribution in [0.15, 0.2) is 60.7 Å². The molecule has 0 atom stereocenters. The van der Waals surface area contributed by atoms with Crippen LogP contribution in [0.2, 0.25) is 0 Å². The van der Waals surface area contributed by atoms with Gasteiger partial charge in [0.05, 0.1) is 0 Å². The van der Waals surface area contributed by atoms with E-state index in [1.54, 1.807) is 0 Å². The van der Waals surface area contributed by atoms with Crippen molar-refractivity contribution in [2.45, 2.75) is 6.10 Å². The molecule has 0 aliphatic carbocycles. The first kappa shape index (κ1) is 15.6. The standard InChI is InChI=1S/C15H15Cl2O2P/c16-11-20(18,12-17)19-15(13-7-3-1-4-8-13)14-9-5-2-6-10-14/h1-10,15H,11-12H2. The Morgan fingerprint density at radius 2 is 1.25 bits per heavy atom. The van der Waals surface area contributed by atoms with Crippen LogP contribution < -0.4 is 0 Å². The quantitative estimate of drug-likeness (QED) is 0.519. The summed E-state index contributed by atoms with van der Waals surface area (Å²) >= 11 is 11.5. The first-order chi connectivity index (χ1) is 9.68. The van der Waals surface area contributed by atoms with Gasteiger partial charge in [-0.3, -0.25) is 4.57 Å². The van der Waals surface area contributed by atoms with Crippen LogP contribution in [0.5, 0.6) is 0 Å². The Bertz CT molecular complexity index is 527. The zero-order valence-electron chi connectivity index (χ0n) is 10.8. The second-order valence-corrected chi connectivity index (χ2v) is 8.11. The van der Waals surface area contributed by atoms with E-state index in [0.29, 0.717) is 0 Å². The molecular weight excluding hydrogens is 314 g/mol. The molecule has 20 heavy (non-hydrogen) atoms. The maximum absolute atomic E-state index is 12.4. The van der Waals surface area contributed by atoms with Crippen LogP contribution in [0.4, 0.5) is 0 Å². The lowest BCUT2D eigenvalue weighted by atomic mass is 10.0. The highest BCUT2D eigenvalue weighted by Crippen LogP contribution is 2.53. The normalized spacial score (nSPS) is 11.8. The fourth-order valence-electron chi connectivity index (χ4n) is 1.85. The molecule has 0 bridgehead atoms. The number of rotatable bonds is 6. The Hall–Kier alpha value is -0.790. The molecule has 0 spiro atoms. The van der Waals surface area contributed by atoms with Crippen LogP contribution >= 0.6 is 30.6 Å². The van der Waals surface area contributed by atoms with E-state index in [0.717, 1.165) is 11.1 Å². The molecule has 0 saturated carbocycles. The Kier molecular flexibility index (Phi) is 5.68. The van der Waals surface area contributed by atoms with Crippen LogP contribution in [0, 0.1) is 0 Å². The molecule has 2 aromatic rings. The highest BCUT2D eigenvalue weighted by molar-refractivity contribution is 7.62. The minimum absolute atomic E-state index is 0.0906. The third kappa shape index (κ3) is 3.86. The first-order valence-corrected chi connectivity index (χ1v) is 9.23. The maximum atomic E-state index is 12.4. The molecule has 0 saturated heterocycles. The van der Waals surface area contributed by atoms with Crippen LogP contribution in [-0.2, 0) is 9.09 Å². The first-order valence-electron chi connectivity index (χ1n) is 6.17. The second-order valence-electron chi connectivity index (χ2n) is 4.36. The molecule has 0 amide bonds. The maximum Gasteiger partial charge on any atom is 0.232 e. The fourth-order valence-corrected chi connectivity index (χ4v) is 3.76. The zero-order chi connectivity index (χ0) is 14.4. The summed E-state index contributed by atoms with van der Waals surface area (Å²) in [6, 6.07) is 19.3. The fraction of sp³-hybridized carbons (Fsp3) is 0.200. The molecule has 0 aliphatic rings. The predicted molar refractivity (Wildman–Crippen MR) is 84.9 cm³/mol. The Morgan fingerprint density at radius 3 is 1.60 bits per heavy atom. The van der Waals surface area contributed by atoms with Gasteiger partial charge in [-0.2, -0.15) is 0 Å². The molecule has 0 fully saturated rings. The van der Waals surface area contributed by atoms with E-state index < -0.39 is 13.5 Å². The molecule has 2 aromatic carbocycles. The Morgan fingerprint density at radius 1 is 0.850 bits per heavy atom. The highest BCUT2D eigenvalue weighted by Gasteiger charge is 2.27. The number of alkyl halides is 2. The van der Waals surface area contributed by atoms with Gasteiger partial charge < -0.3 is 4.52 Å². The molecule has 0 aromatic heterocycles. The van der Waals surface area contributed by atoms with Crippen molar-refractivity contribution < 1.29 is 9.09 Å². The van der Waals surface area contributed by atoms with Gasteiger partial charge in [0.15, 0.2) is 0 Å². The monoisotopic (exact) mass is 328 g/mol. The van der Waals surface area contributed by atoms with Gasteiger partial charge in [0.2, 0.25) is 7.37 Å². The van der Waals surface area contributed by atoms with Crippen LogP contribution in [0.1, 0.15) is 17.2 Å². The number of hydrogen-bond acceptors (Lipinski definition) is 2. The summed E-state index contributed by atoms with van der Waals surface area (Å²) in [7, 11) is -3.04. The van der Waals surface area contributed by atoms with E-state index in [1.165, 1.54) is 0 Å². The van der Waals surface area contributed by atoms with Crippen LogP contribution in [-0.4, -0.2) is 11.2 Å². The molecule has 0 N–H and O–H groups in total. The van der Waals surface area contributed by atoms with E-state index in [1.807, 2.05) is 60.7 Å². The summed E-state index contributed by atoms with van der Waals surface area (Å²) in [4.78, 5) is 0. The second kappa shape index (κ2) is 7.28. The molecule has 106 valence electrons. The topological polar surface area (TPSA) is 26.3 Å². The molecule has 0 heterocycles. The molecule has 0 aliphatic heterocycles. The van der Waals surface area contributed by atoms with Gasteiger partial charge in [-0.25, -0.2) is 0 Å². The largest absolute Gasteiger partial charge is 0.314 e. The van der Waals surface area contributed by atoms with Crippen molar-refractivity contribution in [1.29, 1.82) is 0 Å². The lowest BCUT2D eigenvalue weighted by Gasteiger charge is -2.23. The van der Waals surface area contributed by atoms with Gasteiger partial charge in [-0.1, -0.05) is 60.7 Å². The minimum Gasteiger partial charge on any atom is -0.314 e. The highest BCUT2D eigenvalue weighted by atomic mass is 35.5. The van der Waals surface area contributed by atoms with Crippen molar-refractivity contribution in [2.24, 2.45) is 0 Å². The summed E-state index contributed by atoms with van der Waals surface area (Å²) in [5.41, 5.74) is 1.67. The molecular formula is C15H15Cl2O2P. The SMILES string of the molecule is O=P(CCl)(CCl)OC(c1ccccc1)c1ccccc1. The molecule has 0 unspecified atom stereocenters. The van der Waals surface area contributed by atoms with Gasteiger partial charge in [0.1, 0.15) is 17.3 Å². The number of hydrogen-bond donors (Lipinski definition) is 0. The van der Waals surface area contributed by atoms with E-state index in [4.69, 9.17) is 27.7 Å². The summed E-state index contributed by atoms with van der Waals surface area (Å²) in [6.07, 6.45) is -0.430. The van der Waals surface area contributed by atoms with Crippen molar-refractivity contribution >= 4 is 30.6 Å². The average Bonchev–Trinajstić information content (AvgIpc) is 2.54.